The van der Waals surface area contributed by atoms with E-state index in [0.29, 0.717) is 13.0 Å². The molecule has 12 nitrogen and oxygen atoms in total. The first-order valence-electron chi connectivity index (χ1n) is 26.4. The molecule has 0 aromatic carbocycles. The van der Waals surface area contributed by atoms with Gasteiger partial charge in [-0.1, -0.05) is 174 Å². The minimum atomic E-state index is -5.05. The average molecular weight is 1000 g/mol. The molecule has 0 aromatic heterocycles. The molecule has 0 spiro atoms. The number of unbranched alkanes of at least 4 members (excludes halogenated alkanes) is 11. The zero-order valence-corrected chi connectivity index (χ0v) is 43.7. The predicted molar refractivity (Wildman–Crippen MR) is 285 cm³/mol. The molecule has 13 heteroatoms. The molecule has 70 heavy (non-hydrogen) atoms. The van der Waals surface area contributed by atoms with Crippen molar-refractivity contribution in [2.24, 2.45) is 0 Å². The quantitative estimate of drug-likeness (QED) is 0.0147. The van der Waals surface area contributed by atoms with Crippen molar-refractivity contribution in [3.8, 4) is 0 Å². The Morgan fingerprint density at radius 1 is 0.471 bits per heavy atom. The molecule has 6 unspecified atom stereocenters. The van der Waals surface area contributed by atoms with Gasteiger partial charge in [0.05, 0.1) is 13.2 Å². The smallest absolute Gasteiger partial charge is 0.457 e. The van der Waals surface area contributed by atoms with Gasteiger partial charge in [0.1, 0.15) is 42.7 Å². The van der Waals surface area contributed by atoms with Crippen LogP contribution < -0.4 is 0 Å². The number of ether oxygens (including phenoxy) is 2. The summed E-state index contributed by atoms with van der Waals surface area (Å²) < 4.78 is 34.2. The maximum absolute atomic E-state index is 12.9. The lowest BCUT2D eigenvalue weighted by molar-refractivity contribution is -0.220. The topological polar surface area (TPSA) is 192 Å². The van der Waals surface area contributed by atoms with Gasteiger partial charge < -0.3 is 39.9 Å². The van der Waals surface area contributed by atoms with Crippen LogP contribution in [0.15, 0.2) is 122 Å². The second-order valence-corrected chi connectivity index (χ2v) is 19.0. The van der Waals surface area contributed by atoms with Gasteiger partial charge in [-0.05, 0) is 109 Å². The van der Waals surface area contributed by atoms with Crippen LogP contribution >= 0.6 is 7.82 Å². The van der Waals surface area contributed by atoms with E-state index in [0.717, 1.165) is 116 Å². The monoisotopic (exact) mass is 1000 g/mol. The zero-order valence-electron chi connectivity index (χ0n) is 42.8. The number of carbonyl (C=O) groups excluding carboxylic acids is 1. The summed E-state index contributed by atoms with van der Waals surface area (Å²) in [6, 6.07) is 0. The predicted octanol–water partition coefficient (Wildman–Crippen LogP) is 12.2. The maximum atomic E-state index is 12.9. The molecule has 0 aromatic rings. The molecule has 0 amide bonds. The van der Waals surface area contributed by atoms with Crippen molar-refractivity contribution in [2.45, 2.75) is 211 Å². The summed E-state index contributed by atoms with van der Waals surface area (Å²) in [7, 11) is -5.05. The Morgan fingerprint density at radius 3 is 1.29 bits per heavy atom. The number of aliphatic hydroxyl groups is 5. The van der Waals surface area contributed by atoms with Crippen LogP contribution in [0.2, 0.25) is 0 Å². The van der Waals surface area contributed by atoms with Gasteiger partial charge in [-0.2, -0.15) is 0 Å². The fourth-order valence-electron chi connectivity index (χ4n) is 7.16. The summed E-state index contributed by atoms with van der Waals surface area (Å²) in [5, 5.41) is 50.3. The number of esters is 1. The van der Waals surface area contributed by atoms with E-state index in [1.165, 1.54) is 25.7 Å². The van der Waals surface area contributed by atoms with E-state index in [-0.39, 0.29) is 13.0 Å². The molecule has 0 aliphatic heterocycles. The van der Waals surface area contributed by atoms with E-state index < -0.39 is 63.1 Å². The van der Waals surface area contributed by atoms with E-state index in [1.807, 2.05) is 0 Å². The third-order valence-electron chi connectivity index (χ3n) is 11.3. The minimum Gasteiger partial charge on any atom is -0.457 e. The highest BCUT2D eigenvalue weighted by Gasteiger charge is 2.51. The van der Waals surface area contributed by atoms with Crippen LogP contribution in [-0.4, -0.2) is 98.9 Å². The molecule has 0 radical (unpaired) electrons. The summed E-state index contributed by atoms with van der Waals surface area (Å²) in [6.45, 7) is 3.99. The Labute approximate surface area is 422 Å². The summed E-state index contributed by atoms with van der Waals surface area (Å²) >= 11 is 0. The molecule has 0 bridgehead atoms. The molecule has 6 N–H and O–H groups in total. The van der Waals surface area contributed by atoms with E-state index in [2.05, 4.69) is 135 Å². The second kappa shape index (κ2) is 45.6. The molecular formula is C57H93O12P. The lowest BCUT2D eigenvalue weighted by Gasteiger charge is -2.41. The number of allylic oxidation sites excluding steroid dienone is 20. The molecular weight excluding hydrogens is 908 g/mol. The number of aliphatic hydroxyl groups excluding tert-OH is 5. The van der Waals surface area contributed by atoms with Crippen molar-refractivity contribution in [1.82, 2.24) is 0 Å². The van der Waals surface area contributed by atoms with Crippen molar-refractivity contribution in [3.63, 3.8) is 0 Å². The van der Waals surface area contributed by atoms with Crippen molar-refractivity contribution in [2.75, 3.05) is 19.8 Å². The molecule has 0 saturated heterocycles. The highest BCUT2D eigenvalue weighted by Crippen LogP contribution is 2.47. The van der Waals surface area contributed by atoms with E-state index in [9.17, 15) is 39.8 Å². The molecule has 1 rings (SSSR count). The van der Waals surface area contributed by atoms with Crippen molar-refractivity contribution in [3.05, 3.63) is 122 Å². The van der Waals surface area contributed by atoms with E-state index >= 15 is 0 Å². The fraction of sp³-hybridized carbons (Fsp3) is 0.632. The lowest BCUT2D eigenvalue weighted by atomic mass is 9.85. The van der Waals surface area contributed by atoms with Gasteiger partial charge in [-0.25, -0.2) is 4.57 Å². The Kier molecular flexibility index (Phi) is 42.2. The largest absolute Gasteiger partial charge is 0.472 e. The zero-order chi connectivity index (χ0) is 51.2. The number of hydrogen-bond donors (Lipinski definition) is 6. The molecule has 1 saturated carbocycles. The number of phosphoric acid groups is 1. The molecule has 398 valence electrons. The highest BCUT2D eigenvalue weighted by molar-refractivity contribution is 7.47. The summed E-state index contributed by atoms with van der Waals surface area (Å²) in [4.78, 5) is 23.3. The van der Waals surface area contributed by atoms with Crippen molar-refractivity contribution >= 4 is 13.8 Å². The molecule has 1 aliphatic rings. The SMILES string of the molecule is CC/C=C\C/C=C\C/C=C\C/C=C\C/C=C\C/C=C\C/C=C\CCCCOCC(COP(=O)(O)OC1C(O)C(O)C(O)C(O)C1O)OC(=O)CCCCCCCC/C=C\C/C=C\C/C=C\CCCCC. The summed E-state index contributed by atoms with van der Waals surface area (Å²) in [5.74, 6) is -0.511. The van der Waals surface area contributed by atoms with Gasteiger partial charge in [0.15, 0.2) is 0 Å². The fourth-order valence-corrected chi connectivity index (χ4v) is 8.14. The van der Waals surface area contributed by atoms with Crippen LogP contribution in [0, 0.1) is 0 Å². The van der Waals surface area contributed by atoms with Gasteiger partial charge in [0.2, 0.25) is 0 Å². The van der Waals surface area contributed by atoms with E-state index in [1.54, 1.807) is 0 Å². The molecule has 0 heterocycles. The van der Waals surface area contributed by atoms with Crippen LogP contribution in [0.3, 0.4) is 0 Å². The number of phosphoric ester groups is 1. The standard InChI is InChI=1S/C57H93O12P/c1-3-5-7-9-11-13-15-17-19-21-23-24-25-26-27-29-31-33-35-37-39-41-43-45-47-66-48-50(49-67-70(64,65)69-57-55(62)53(60)52(59)54(61)56(57)63)68-51(58)46-44-42-40-38-36-34-32-30-28-22-20-18-16-14-12-10-8-6-4-2/h5,7,11-14,17-20,23-24,26-28,30-31,33,37,39,50,52-57,59-63H,3-4,6,8-10,15-16,21-22,25,29,32,34-36,38,40-49H2,1-2H3,(H,64,65)/b7-5-,13-11-,14-12-,19-17-,20-18-,24-23-,27-26-,30-28-,33-31-,39-37-. The minimum absolute atomic E-state index is 0.121. The summed E-state index contributed by atoms with van der Waals surface area (Å²) in [5.41, 5.74) is 0. The summed E-state index contributed by atoms with van der Waals surface area (Å²) in [6.07, 6.45) is 54.0. The number of rotatable bonds is 43. The van der Waals surface area contributed by atoms with Gasteiger partial charge in [0, 0.05) is 13.0 Å². The average Bonchev–Trinajstić information content (AvgIpc) is 3.35. The molecule has 1 fully saturated rings. The third-order valence-corrected chi connectivity index (χ3v) is 12.3. The highest BCUT2D eigenvalue weighted by atomic mass is 31.2. The first kappa shape index (κ1) is 64.8. The maximum Gasteiger partial charge on any atom is 0.472 e. The van der Waals surface area contributed by atoms with Crippen molar-refractivity contribution < 1.29 is 58.3 Å². The van der Waals surface area contributed by atoms with Crippen LogP contribution in [-0.2, 0) is 27.9 Å². The first-order valence-corrected chi connectivity index (χ1v) is 27.9. The Bertz CT molecular complexity index is 1610. The van der Waals surface area contributed by atoms with Gasteiger partial charge >= 0.3 is 13.8 Å². The van der Waals surface area contributed by atoms with Crippen LogP contribution in [0.4, 0.5) is 0 Å². The Hall–Kier alpha value is -3.26. The molecule has 6 atom stereocenters. The lowest BCUT2D eigenvalue weighted by Crippen LogP contribution is -2.64. The third kappa shape index (κ3) is 36.6. The normalized spacial score (nSPS) is 21.9. The first-order chi connectivity index (χ1) is 34.0. The van der Waals surface area contributed by atoms with Gasteiger partial charge in [-0.3, -0.25) is 13.8 Å². The van der Waals surface area contributed by atoms with Crippen LogP contribution in [0.25, 0.3) is 0 Å². The van der Waals surface area contributed by atoms with E-state index in [4.69, 9.17) is 18.5 Å². The Balaban J connectivity index is 2.40. The van der Waals surface area contributed by atoms with Gasteiger partial charge in [-0.15, -0.1) is 0 Å². The van der Waals surface area contributed by atoms with Crippen LogP contribution in [0.5, 0.6) is 0 Å². The second-order valence-electron chi connectivity index (χ2n) is 17.6. The number of carbonyl (C=O) groups is 1. The van der Waals surface area contributed by atoms with Gasteiger partial charge in [0.25, 0.3) is 0 Å². The Morgan fingerprint density at radius 2 is 0.843 bits per heavy atom. The van der Waals surface area contributed by atoms with Crippen LogP contribution in [0.1, 0.15) is 168 Å². The van der Waals surface area contributed by atoms with Crippen molar-refractivity contribution in [1.29, 1.82) is 0 Å². The molecule has 1 aliphatic carbocycles. The number of hydrogen-bond acceptors (Lipinski definition) is 11.